The number of rotatable bonds is 2. The summed E-state index contributed by atoms with van der Waals surface area (Å²) in [4.78, 5) is 11.6. The lowest BCUT2D eigenvalue weighted by atomic mass is 10.1. The smallest absolute Gasteiger partial charge is 0.270 e. The van der Waals surface area contributed by atoms with E-state index in [1.54, 1.807) is 23.9 Å². The number of nitro benzene ring substituents is 1. The van der Waals surface area contributed by atoms with Crippen molar-refractivity contribution in [3.8, 4) is 0 Å². The van der Waals surface area contributed by atoms with Gasteiger partial charge in [0.25, 0.3) is 5.69 Å². The van der Waals surface area contributed by atoms with Gasteiger partial charge in [-0.3, -0.25) is 10.1 Å². The zero-order valence-electron chi connectivity index (χ0n) is 10.3. The Bertz CT molecular complexity index is 688. The molecule has 20 heavy (non-hydrogen) atoms. The highest BCUT2D eigenvalue weighted by atomic mass is 79.9. The van der Waals surface area contributed by atoms with Gasteiger partial charge in [0.1, 0.15) is 0 Å². The predicted octanol–water partition coefficient (Wildman–Crippen LogP) is 4.69. The van der Waals surface area contributed by atoms with Crippen LogP contribution in [0.4, 0.5) is 11.4 Å². The Labute approximate surface area is 130 Å². The standard InChI is InChI=1S/C14H10N2O2S.BrH/c17-16(18)11-5-3-4-10(8-11)13-9-19-14-7-2-1-6-12(14)15-13;/h1-9,15H;1H. The number of nitro groups is 1. The molecule has 0 fully saturated rings. The first-order valence-electron chi connectivity index (χ1n) is 5.72. The number of nitrogens with zero attached hydrogens (tertiary/aromatic N) is 1. The van der Waals surface area contributed by atoms with Crippen LogP contribution in [0.5, 0.6) is 0 Å². The molecule has 102 valence electrons. The highest BCUT2D eigenvalue weighted by Crippen LogP contribution is 2.37. The maximum atomic E-state index is 10.8. The van der Waals surface area contributed by atoms with Crippen LogP contribution >= 0.6 is 28.7 Å². The number of hydrogen-bond donors (Lipinski definition) is 1. The van der Waals surface area contributed by atoms with Crippen molar-refractivity contribution in [2.45, 2.75) is 4.90 Å². The Morgan fingerprint density at radius 2 is 1.90 bits per heavy atom. The molecule has 1 aliphatic heterocycles. The summed E-state index contributed by atoms with van der Waals surface area (Å²) in [6.07, 6.45) is 0. The molecule has 0 radical (unpaired) electrons. The summed E-state index contributed by atoms with van der Waals surface area (Å²) < 4.78 is 0. The molecule has 1 N–H and O–H groups in total. The van der Waals surface area contributed by atoms with Crippen molar-refractivity contribution in [3.05, 3.63) is 69.6 Å². The van der Waals surface area contributed by atoms with E-state index >= 15 is 0 Å². The lowest BCUT2D eigenvalue weighted by molar-refractivity contribution is -0.384. The average molecular weight is 351 g/mol. The molecule has 0 aliphatic carbocycles. The third kappa shape index (κ3) is 2.86. The monoisotopic (exact) mass is 350 g/mol. The van der Waals surface area contributed by atoms with Crippen LogP contribution in [0.3, 0.4) is 0 Å². The molecule has 0 saturated heterocycles. The van der Waals surface area contributed by atoms with Crippen molar-refractivity contribution in [2.75, 3.05) is 5.32 Å². The Hall–Kier alpha value is -1.79. The first-order valence-corrected chi connectivity index (χ1v) is 6.60. The van der Waals surface area contributed by atoms with Crippen LogP contribution in [0.2, 0.25) is 0 Å². The Morgan fingerprint density at radius 3 is 2.70 bits per heavy atom. The van der Waals surface area contributed by atoms with Gasteiger partial charge in [0.2, 0.25) is 0 Å². The van der Waals surface area contributed by atoms with Gasteiger partial charge < -0.3 is 5.32 Å². The van der Waals surface area contributed by atoms with Gasteiger partial charge in [-0.25, -0.2) is 0 Å². The van der Waals surface area contributed by atoms with E-state index in [0.717, 1.165) is 21.8 Å². The maximum absolute atomic E-state index is 10.8. The number of anilines is 1. The van der Waals surface area contributed by atoms with E-state index in [4.69, 9.17) is 0 Å². The van der Waals surface area contributed by atoms with E-state index < -0.39 is 0 Å². The van der Waals surface area contributed by atoms with E-state index in [-0.39, 0.29) is 27.6 Å². The molecule has 0 unspecified atom stereocenters. The summed E-state index contributed by atoms with van der Waals surface area (Å²) in [5.41, 5.74) is 2.82. The van der Waals surface area contributed by atoms with E-state index in [0.29, 0.717) is 0 Å². The number of hydrogen-bond acceptors (Lipinski definition) is 4. The largest absolute Gasteiger partial charge is 0.354 e. The molecule has 0 atom stereocenters. The van der Waals surface area contributed by atoms with Gasteiger partial charge in [-0.1, -0.05) is 36.0 Å². The predicted molar refractivity (Wildman–Crippen MR) is 87.3 cm³/mol. The van der Waals surface area contributed by atoms with E-state index in [9.17, 15) is 10.1 Å². The minimum Gasteiger partial charge on any atom is -0.354 e. The first kappa shape index (κ1) is 14.6. The fourth-order valence-electron chi connectivity index (χ4n) is 1.90. The third-order valence-electron chi connectivity index (χ3n) is 2.83. The van der Waals surface area contributed by atoms with Crippen molar-refractivity contribution < 1.29 is 4.92 Å². The van der Waals surface area contributed by atoms with Gasteiger partial charge in [0.05, 0.1) is 16.3 Å². The number of benzene rings is 2. The molecule has 2 aromatic carbocycles. The van der Waals surface area contributed by atoms with Gasteiger partial charge >= 0.3 is 0 Å². The Balaban J connectivity index is 0.00000147. The van der Waals surface area contributed by atoms with Crippen molar-refractivity contribution >= 4 is 45.8 Å². The molecule has 1 aliphatic rings. The third-order valence-corrected chi connectivity index (χ3v) is 3.79. The molecule has 0 bridgehead atoms. The number of non-ortho nitro benzene ring substituents is 1. The summed E-state index contributed by atoms with van der Waals surface area (Å²) >= 11 is 1.61. The minimum atomic E-state index is -0.381. The number of halogens is 1. The molecular formula is C14H11BrN2O2S. The fourth-order valence-corrected chi connectivity index (χ4v) is 2.74. The van der Waals surface area contributed by atoms with Gasteiger partial charge in [0, 0.05) is 28.0 Å². The topological polar surface area (TPSA) is 55.2 Å². The molecule has 0 saturated carbocycles. The van der Waals surface area contributed by atoms with E-state index in [2.05, 4.69) is 5.32 Å². The number of fused-ring (bicyclic) bond motifs is 1. The molecule has 2 aromatic rings. The summed E-state index contributed by atoms with van der Waals surface area (Å²) in [6.45, 7) is 0. The fraction of sp³-hybridized carbons (Fsp3) is 0. The van der Waals surface area contributed by atoms with Gasteiger partial charge in [0.15, 0.2) is 0 Å². The van der Waals surface area contributed by atoms with Crippen LogP contribution in [-0.2, 0) is 0 Å². The maximum Gasteiger partial charge on any atom is 0.270 e. The molecule has 6 heteroatoms. The SMILES string of the molecule is Br.O=[N+]([O-])c1cccc(C2=CSc3ccccc3N2)c1. The molecular weight excluding hydrogens is 340 g/mol. The Morgan fingerprint density at radius 1 is 1.10 bits per heavy atom. The summed E-state index contributed by atoms with van der Waals surface area (Å²) in [7, 11) is 0. The normalized spacial score (nSPS) is 12.5. The molecule has 3 rings (SSSR count). The van der Waals surface area contributed by atoms with Crippen LogP contribution in [0.15, 0.2) is 58.8 Å². The zero-order chi connectivity index (χ0) is 13.2. The molecule has 0 aromatic heterocycles. The first-order chi connectivity index (χ1) is 9.24. The van der Waals surface area contributed by atoms with Crippen LogP contribution in [0.25, 0.3) is 5.70 Å². The summed E-state index contributed by atoms with van der Waals surface area (Å²) in [6, 6.07) is 14.6. The van der Waals surface area contributed by atoms with Crippen molar-refractivity contribution in [2.24, 2.45) is 0 Å². The molecule has 4 nitrogen and oxygen atoms in total. The number of para-hydroxylation sites is 1. The molecule has 0 amide bonds. The second-order valence-corrected chi connectivity index (χ2v) is 4.99. The number of nitrogens with one attached hydrogen (secondary N) is 1. The van der Waals surface area contributed by atoms with E-state index in [1.165, 1.54) is 6.07 Å². The lowest BCUT2D eigenvalue weighted by Crippen LogP contribution is -2.03. The van der Waals surface area contributed by atoms with Gasteiger partial charge in [-0.2, -0.15) is 0 Å². The molecule has 1 heterocycles. The van der Waals surface area contributed by atoms with Crippen LogP contribution < -0.4 is 5.32 Å². The van der Waals surface area contributed by atoms with E-state index in [1.807, 2.05) is 35.7 Å². The van der Waals surface area contributed by atoms with Gasteiger partial charge in [-0.15, -0.1) is 17.0 Å². The van der Waals surface area contributed by atoms with Crippen molar-refractivity contribution in [1.82, 2.24) is 0 Å². The van der Waals surface area contributed by atoms with Crippen LogP contribution in [0.1, 0.15) is 5.56 Å². The highest BCUT2D eigenvalue weighted by Gasteiger charge is 2.14. The summed E-state index contributed by atoms with van der Waals surface area (Å²) in [5.74, 6) is 0. The van der Waals surface area contributed by atoms with Crippen molar-refractivity contribution in [1.29, 1.82) is 0 Å². The quantitative estimate of drug-likeness (QED) is 0.630. The second kappa shape index (κ2) is 6.11. The highest BCUT2D eigenvalue weighted by molar-refractivity contribution is 8.93. The number of thioether (sulfide) groups is 1. The lowest BCUT2D eigenvalue weighted by Gasteiger charge is -2.18. The average Bonchev–Trinajstić information content (AvgIpc) is 2.47. The zero-order valence-corrected chi connectivity index (χ0v) is 12.8. The van der Waals surface area contributed by atoms with Crippen LogP contribution in [0, 0.1) is 10.1 Å². The summed E-state index contributed by atoms with van der Waals surface area (Å²) in [5, 5.41) is 16.1. The minimum absolute atomic E-state index is 0. The molecule has 0 spiro atoms. The Kier molecular flexibility index (Phi) is 4.46. The van der Waals surface area contributed by atoms with Crippen LogP contribution in [-0.4, -0.2) is 4.92 Å². The van der Waals surface area contributed by atoms with Crippen molar-refractivity contribution in [3.63, 3.8) is 0 Å². The second-order valence-electron chi connectivity index (χ2n) is 4.08. The van der Waals surface area contributed by atoms with Gasteiger partial charge in [-0.05, 0) is 12.1 Å².